The molecule has 0 saturated carbocycles. The summed E-state index contributed by atoms with van der Waals surface area (Å²) in [4.78, 5) is 2.57. The third kappa shape index (κ3) is 4.82. The maximum absolute atomic E-state index is 5.90. The van der Waals surface area contributed by atoms with Crippen LogP contribution in [0, 0.1) is 0 Å². The van der Waals surface area contributed by atoms with Crippen molar-refractivity contribution < 1.29 is 4.74 Å². The SMILES string of the molecule is COC(C)(Cc1ccc(C(C)(C)C)cc1)CN1CCCCC1. The third-order valence-corrected chi connectivity index (χ3v) is 4.90. The van der Waals surface area contributed by atoms with Crippen molar-refractivity contribution >= 4 is 0 Å². The number of hydrogen-bond donors (Lipinski definition) is 0. The van der Waals surface area contributed by atoms with Crippen LogP contribution in [0.3, 0.4) is 0 Å². The van der Waals surface area contributed by atoms with Gasteiger partial charge in [0.05, 0.1) is 5.60 Å². The summed E-state index contributed by atoms with van der Waals surface area (Å²) in [6.07, 6.45) is 5.03. The summed E-state index contributed by atoms with van der Waals surface area (Å²) < 4.78 is 5.90. The molecule has 0 aliphatic carbocycles. The van der Waals surface area contributed by atoms with E-state index < -0.39 is 0 Å². The molecule has 1 atom stereocenters. The molecule has 1 saturated heterocycles. The predicted molar refractivity (Wildman–Crippen MR) is 94.6 cm³/mol. The van der Waals surface area contributed by atoms with E-state index in [-0.39, 0.29) is 11.0 Å². The van der Waals surface area contributed by atoms with Crippen LogP contribution in [0.5, 0.6) is 0 Å². The van der Waals surface area contributed by atoms with Crippen LogP contribution in [0.15, 0.2) is 24.3 Å². The molecule has 0 spiro atoms. The standard InChI is InChI=1S/C20H33NO/c1-19(2,3)18-11-9-17(10-12-18)15-20(4,22-5)16-21-13-7-6-8-14-21/h9-12H,6-8,13-16H2,1-5H3. The van der Waals surface area contributed by atoms with E-state index in [9.17, 15) is 0 Å². The number of hydrogen-bond acceptors (Lipinski definition) is 2. The largest absolute Gasteiger partial charge is 0.377 e. The van der Waals surface area contributed by atoms with Crippen LogP contribution in [-0.2, 0) is 16.6 Å². The Bertz CT molecular complexity index is 454. The monoisotopic (exact) mass is 303 g/mol. The second-order valence-corrected chi connectivity index (χ2v) is 8.11. The molecule has 1 unspecified atom stereocenters. The van der Waals surface area contributed by atoms with Crippen LogP contribution in [0.2, 0.25) is 0 Å². The van der Waals surface area contributed by atoms with Crippen molar-refractivity contribution in [2.45, 2.75) is 64.4 Å². The number of benzene rings is 1. The van der Waals surface area contributed by atoms with Gasteiger partial charge in [-0.05, 0) is 49.4 Å². The molecular formula is C20H33NO. The van der Waals surface area contributed by atoms with Crippen molar-refractivity contribution in [2.24, 2.45) is 0 Å². The summed E-state index contributed by atoms with van der Waals surface area (Å²) >= 11 is 0. The van der Waals surface area contributed by atoms with E-state index in [2.05, 4.69) is 56.9 Å². The van der Waals surface area contributed by atoms with E-state index in [1.165, 1.54) is 43.5 Å². The first-order chi connectivity index (χ1) is 10.3. The molecule has 0 N–H and O–H groups in total. The zero-order chi connectivity index (χ0) is 16.2. The van der Waals surface area contributed by atoms with Gasteiger partial charge in [-0.3, -0.25) is 0 Å². The molecule has 0 bridgehead atoms. The van der Waals surface area contributed by atoms with Gasteiger partial charge in [-0.1, -0.05) is 51.5 Å². The number of methoxy groups -OCH3 is 1. The first-order valence-corrected chi connectivity index (χ1v) is 8.69. The fourth-order valence-electron chi connectivity index (χ4n) is 3.34. The van der Waals surface area contributed by atoms with Gasteiger partial charge in [-0.15, -0.1) is 0 Å². The highest BCUT2D eigenvalue weighted by molar-refractivity contribution is 5.28. The number of likely N-dealkylation sites (tertiary alicyclic amines) is 1. The number of rotatable bonds is 5. The maximum atomic E-state index is 5.90. The molecule has 0 radical (unpaired) electrons. The summed E-state index contributed by atoms with van der Waals surface area (Å²) in [5.41, 5.74) is 2.89. The van der Waals surface area contributed by atoms with Crippen molar-refractivity contribution in [3.05, 3.63) is 35.4 Å². The Morgan fingerprint density at radius 3 is 2.05 bits per heavy atom. The van der Waals surface area contributed by atoms with Gasteiger partial charge in [0.2, 0.25) is 0 Å². The Morgan fingerprint density at radius 1 is 0.955 bits per heavy atom. The first kappa shape index (κ1) is 17.5. The van der Waals surface area contributed by atoms with E-state index in [0.717, 1.165) is 13.0 Å². The lowest BCUT2D eigenvalue weighted by molar-refractivity contribution is -0.0253. The molecule has 2 rings (SSSR count). The fraction of sp³-hybridized carbons (Fsp3) is 0.700. The summed E-state index contributed by atoms with van der Waals surface area (Å²) in [7, 11) is 1.85. The Balaban J connectivity index is 2.01. The van der Waals surface area contributed by atoms with E-state index in [0.29, 0.717) is 0 Å². The fourth-order valence-corrected chi connectivity index (χ4v) is 3.34. The van der Waals surface area contributed by atoms with Gasteiger partial charge in [-0.25, -0.2) is 0 Å². The lowest BCUT2D eigenvalue weighted by Gasteiger charge is -2.36. The predicted octanol–water partition coefficient (Wildman–Crippen LogP) is 4.42. The van der Waals surface area contributed by atoms with Gasteiger partial charge < -0.3 is 9.64 Å². The van der Waals surface area contributed by atoms with Crippen molar-refractivity contribution in [1.29, 1.82) is 0 Å². The molecule has 2 heteroatoms. The Hall–Kier alpha value is -0.860. The molecule has 0 aromatic heterocycles. The van der Waals surface area contributed by atoms with Crippen LogP contribution in [0.4, 0.5) is 0 Å². The molecule has 22 heavy (non-hydrogen) atoms. The van der Waals surface area contributed by atoms with Gasteiger partial charge in [0.25, 0.3) is 0 Å². The zero-order valence-electron chi connectivity index (χ0n) is 15.1. The first-order valence-electron chi connectivity index (χ1n) is 8.69. The minimum Gasteiger partial charge on any atom is -0.377 e. The van der Waals surface area contributed by atoms with Crippen molar-refractivity contribution in [3.63, 3.8) is 0 Å². The quantitative estimate of drug-likeness (QED) is 0.798. The molecule has 2 nitrogen and oxygen atoms in total. The van der Waals surface area contributed by atoms with Gasteiger partial charge >= 0.3 is 0 Å². The highest BCUT2D eigenvalue weighted by atomic mass is 16.5. The number of piperidine rings is 1. The lowest BCUT2D eigenvalue weighted by Crippen LogP contribution is -2.45. The number of nitrogens with zero attached hydrogens (tertiary/aromatic N) is 1. The summed E-state index contributed by atoms with van der Waals surface area (Å²) in [5, 5.41) is 0. The van der Waals surface area contributed by atoms with E-state index in [1.807, 2.05) is 7.11 Å². The Kier molecular flexibility index (Phi) is 5.68. The van der Waals surface area contributed by atoms with Crippen molar-refractivity contribution in [3.8, 4) is 0 Å². The number of ether oxygens (including phenoxy) is 1. The topological polar surface area (TPSA) is 12.5 Å². The van der Waals surface area contributed by atoms with Crippen LogP contribution in [0.25, 0.3) is 0 Å². The van der Waals surface area contributed by atoms with Crippen molar-refractivity contribution in [1.82, 2.24) is 4.90 Å². The zero-order valence-corrected chi connectivity index (χ0v) is 15.1. The Labute approximate surface area is 136 Å². The molecule has 1 aliphatic heterocycles. The van der Waals surface area contributed by atoms with E-state index >= 15 is 0 Å². The molecule has 1 aliphatic rings. The van der Waals surface area contributed by atoms with E-state index in [1.54, 1.807) is 0 Å². The molecule has 1 heterocycles. The van der Waals surface area contributed by atoms with Crippen molar-refractivity contribution in [2.75, 3.05) is 26.7 Å². The third-order valence-electron chi connectivity index (χ3n) is 4.90. The van der Waals surface area contributed by atoms with Crippen LogP contribution < -0.4 is 0 Å². The maximum Gasteiger partial charge on any atom is 0.0817 e. The van der Waals surface area contributed by atoms with Crippen LogP contribution in [-0.4, -0.2) is 37.2 Å². The smallest absolute Gasteiger partial charge is 0.0817 e. The average Bonchev–Trinajstić information content (AvgIpc) is 2.48. The van der Waals surface area contributed by atoms with E-state index in [4.69, 9.17) is 4.74 Å². The highest BCUT2D eigenvalue weighted by Crippen LogP contribution is 2.25. The van der Waals surface area contributed by atoms with Crippen LogP contribution in [0.1, 0.15) is 58.1 Å². The molecule has 0 amide bonds. The molecular weight excluding hydrogens is 270 g/mol. The van der Waals surface area contributed by atoms with Crippen LogP contribution >= 0.6 is 0 Å². The molecule has 1 aromatic carbocycles. The minimum atomic E-state index is -0.0966. The highest BCUT2D eigenvalue weighted by Gasteiger charge is 2.28. The normalized spacial score (nSPS) is 19.9. The van der Waals surface area contributed by atoms with Gasteiger partial charge in [-0.2, -0.15) is 0 Å². The minimum absolute atomic E-state index is 0.0966. The average molecular weight is 303 g/mol. The second-order valence-electron chi connectivity index (χ2n) is 8.11. The summed E-state index contributed by atoms with van der Waals surface area (Å²) in [6.45, 7) is 12.5. The van der Waals surface area contributed by atoms with Gasteiger partial charge in [0.1, 0.15) is 0 Å². The lowest BCUT2D eigenvalue weighted by atomic mass is 9.85. The Morgan fingerprint density at radius 2 is 1.55 bits per heavy atom. The second kappa shape index (κ2) is 7.14. The molecule has 124 valence electrons. The summed E-state index contributed by atoms with van der Waals surface area (Å²) in [6, 6.07) is 9.08. The molecule has 1 fully saturated rings. The van der Waals surface area contributed by atoms with Gasteiger partial charge in [0, 0.05) is 20.1 Å². The van der Waals surface area contributed by atoms with Gasteiger partial charge in [0.15, 0.2) is 0 Å². The summed E-state index contributed by atoms with van der Waals surface area (Å²) in [5.74, 6) is 0. The molecule has 1 aromatic rings.